The largest absolute Gasteiger partial charge is 0.497 e. The van der Waals surface area contributed by atoms with Crippen molar-refractivity contribution in [3.63, 3.8) is 0 Å². The van der Waals surface area contributed by atoms with E-state index in [2.05, 4.69) is 4.98 Å². The van der Waals surface area contributed by atoms with Crippen molar-refractivity contribution in [2.24, 2.45) is 0 Å². The van der Waals surface area contributed by atoms with Gasteiger partial charge in [0.15, 0.2) is 0 Å². The highest BCUT2D eigenvalue weighted by Crippen LogP contribution is 2.34. The highest BCUT2D eigenvalue weighted by molar-refractivity contribution is 5.81. The van der Waals surface area contributed by atoms with Crippen LogP contribution in [0.1, 0.15) is 21.5 Å². The Kier molecular flexibility index (Phi) is 6.78. The van der Waals surface area contributed by atoms with Crippen LogP contribution in [0.15, 0.2) is 91.0 Å². The van der Waals surface area contributed by atoms with Crippen molar-refractivity contribution >= 4 is 6.29 Å². The molecule has 32 heavy (non-hydrogen) atoms. The minimum atomic E-state index is 0.355. The van der Waals surface area contributed by atoms with Crippen molar-refractivity contribution in [1.29, 1.82) is 0 Å². The van der Waals surface area contributed by atoms with Crippen LogP contribution in [0.2, 0.25) is 0 Å². The van der Waals surface area contributed by atoms with Gasteiger partial charge in [0.05, 0.1) is 7.11 Å². The molecule has 4 aromatic rings. The number of aromatic nitrogens is 1. The Morgan fingerprint density at radius 2 is 1.44 bits per heavy atom. The number of pyridine rings is 1. The number of benzene rings is 3. The number of methoxy groups -OCH3 is 1. The molecule has 0 radical (unpaired) electrons. The smallest absolute Gasteiger partial charge is 0.225 e. The third-order valence-corrected chi connectivity index (χ3v) is 4.89. The number of hydrogen-bond donors (Lipinski definition) is 0. The summed E-state index contributed by atoms with van der Waals surface area (Å²) in [6.07, 6.45) is 0.793. The summed E-state index contributed by atoms with van der Waals surface area (Å²) >= 11 is 0. The van der Waals surface area contributed by atoms with Crippen LogP contribution in [-0.2, 0) is 13.2 Å². The molecule has 0 aliphatic rings. The second kappa shape index (κ2) is 10.3. The van der Waals surface area contributed by atoms with Crippen LogP contribution in [0.25, 0.3) is 11.1 Å². The van der Waals surface area contributed by atoms with E-state index < -0.39 is 0 Å². The summed E-state index contributed by atoms with van der Waals surface area (Å²) in [5.74, 6) is 1.46. The lowest BCUT2D eigenvalue weighted by molar-refractivity contribution is 0.112. The average molecular weight is 425 g/mol. The molecule has 0 saturated carbocycles. The predicted molar refractivity (Wildman–Crippen MR) is 123 cm³/mol. The van der Waals surface area contributed by atoms with Gasteiger partial charge in [-0.1, -0.05) is 60.7 Å². The number of rotatable bonds is 9. The zero-order valence-electron chi connectivity index (χ0n) is 17.7. The first-order valence-electron chi connectivity index (χ1n) is 10.2. The van der Waals surface area contributed by atoms with Crippen molar-refractivity contribution in [2.75, 3.05) is 7.11 Å². The fourth-order valence-corrected chi connectivity index (χ4v) is 3.25. The van der Waals surface area contributed by atoms with Crippen molar-refractivity contribution < 1.29 is 19.0 Å². The molecule has 0 atom stereocenters. The predicted octanol–water partition coefficient (Wildman–Crippen LogP) is 5.73. The Labute approximate surface area is 187 Å². The van der Waals surface area contributed by atoms with Crippen molar-refractivity contribution in [3.05, 3.63) is 108 Å². The van der Waals surface area contributed by atoms with E-state index in [1.807, 2.05) is 72.8 Å². The first kappa shape index (κ1) is 21.1. The summed E-state index contributed by atoms with van der Waals surface area (Å²) in [6, 6.07) is 28.8. The first-order valence-corrected chi connectivity index (χ1v) is 10.2. The van der Waals surface area contributed by atoms with Crippen molar-refractivity contribution in [1.82, 2.24) is 4.98 Å². The number of nitrogens with zero attached hydrogens (tertiary/aromatic N) is 1. The molecule has 160 valence electrons. The second-order valence-corrected chi connectivity index (χ2v) is 7.16. The standard InChI is InChI=1S/C27H23NO4/c1-30-24-15-22(17-29)14-23(16-24)25-12-13-26(31-18-20-8-4-2-5-9-20)28-27(25)32-19-21-10-6-3-7-11-21/h2-17H,18-19H2,1H3. The molecule has 1 heterocycles. The van der Waals surface area contributed by atoms with E-state index in [0.29, 0.717) is 36.3 Å². The maximum atomic E-state index is 11.4. The van der Waals surface area contributed by atoms with Gasteiger partial charge >= 0.3 is 0 Å². The molecular formula is C27H23NO4. The van der Waals surface area contributed by atoms with Gasteiger partial charge in [-0.25, -0.2) is 0 Å². The third kappa shape index (κ3) is 5.32. The zero-order chi connectivity index (χ0) is 22.2. The first-order chi connectivity index (χ1) is 15.7. The molecule has 0 unspecified atom stereocenters. The molecule has 0 bridgehead atoms. The number of carbonyl (C=O) groups is 1. The monoisotopic (exact) mass is 425 g/mol. The molecule has 0 aliphatic heterocycles. The fraction of sp³-hybridized carbons (Fsp3) is 0.111. The van der Waals surface area contributed by atoms with Crippen molar-refractivity contribution in [3.8, 4) is 28.6 Å². The number of ether oxygens (including phenoxy) is 3. The van der Waals surface area contributed by atoms with Crippen molar-refractivity contribution in [2.45, 2.75) is 13.2 Å². The van der Waals surface area contributed by atoms with Gasteiger partial charge in [-0.3, -0.25) is 4.79 Å². The summed E-state index contributed by atoms with van der Waals surface area (Å²) in [7, 11) is 1.57. The van der Waals surface area contributed by atoms with E-state index in [4.69, 9.17) is 14.2 Å². The zero-order valence-corrected chi connectivity index (χ0v) is 17.7. The molecule has 0 saturated heterocycles. The molecular weight excluding hydrogens is 402 g/mol. The van der Waals surface area contributed by atoms with Gasteiger partial charge in [0.2, 0.25) is 11.8 Å². The van der Waals surface area contributed by atoms with Gasteiger partial charge < -0.3 is 14.2 Å². The number of hydrogen-bond acceptors (Lipinski definition) is 5. The van der Waals surface area contributed by atoms with Gasteiger partial charge in [-0.2, -0.15) is 4.98 Å². The van der Waals surface area contributed by atoms with Crippen LogP contribution in [-0.4, -0.2) is 18.4 Å². The highest BCUT2D eigenvalue weighted by atomic mass is 16.5. The SMILES string of the molecule is COc1cc(C=O)cc(-c2ccc(OCc3ccccc3)nc2OCc2ccccc2)c1. The van der Waals surface area contributed by atoms with Gasteiger partial charge in [0.1, 0.15) is 25.2 Å². The normalized spacial score (nSPS) is 10.4. The molecule has 0 spiro atoms. The molecule has 0 N–H and O–H groups in total. The maximum absolute atomic E-state index is 11.4. The summed E-state index contributed by atoms with van der Waals surface area (Å²) < 4.78 is 17.3. The molecule has 3 aromatic carbocycles. The van der Waals surface area contributed by atoms with Crippen LogP contribution < -0.4 is 14.2 Å². The summed E-state index contributed by atoms with van der Waals surface area (Å²) in [6.45, 7) is 0.757. The molecule has 4 rings (SSSR count). The van der Waals surface area contributed by atoms with E-state index >= 15 is 0 Å². The summed E-state index contributed by atoms with van der Waals surface area (Å²) in [5.41, 5.74) is 4.10. The Morgan fingerprint density at radius 1 is 0.781 bits per heavy atom. The van der Waals surface area contributed by atoms with Gasteiger partial charge in [-0.15, -0.1) is 0 Å². The van der Waals surface area contributed by atoms with Crippen LogP contribution in [0.5, 0.6) is 17.5 Å². The third-order valence-electron chi connectivity index (χ3n) is 4.89. The van der Waals surface area contributed by atoms with E-state index in [0.717, 1.165) is 28.5 Å². The Balaban J connectivity index is 1.65. The molecule has 5 nitrogen and oxygen atoms in total. The summed E-state index contributed by atoms with van der Waals surface area (Å²) in [4.78, 5) is 16.0. The quantitative estimate of drug-likeness (QED) is 0.321. The van der Waals surface area contributed by atoms with Crippen LogP contribution in [0.3, 0.4) is 0 Å². The highest BCUT2D eigenvalue weighted by Gasteiger charge is 2.13. The molecule has 0 amide bonds. The van der Waals surface area contributed by atoms with E-state index in [1.54, 1.807) is 25.3 Å². The molecule has 0 aliphatic carbocycles. The van der Waals surface area contributed by atoms with E-state index in [-0.39, 0.29) is 0 Å². The van der Waals surface area contributed by atoms with Crippen LogP contribution >= 0.6 is 0 Å². The van der Waals surface area contributed by atoms with Gasteiger partial charge in [0.25, 0.3) is 0 Å². The van der Waals surface area contributed by atoms with Crippen LogP contribution in [0.4, 0.5) is 0 Å². The maximum Gasteiger partial charge on any atom is 0.225 e. The lowest BCUT2D eigenvalue weighted by atomic mass is 10.0. The number of aldehydes is 1. The average Bonchev–Trinajstić information content (AvgIpc) is 2.87. The Bertz CT molecular complexity index is 1180. The minimum Gasteiger partial charge on any atom is -0.497 e. The van der Waals surface area contributed by atoms with E-state index in [1.165, 1.54) is 0 Å². The second-order valence-electron chi connectivity index (χ2n) is 7.16. The van der Waals surface area contributed by atoms with Gasteiger partial charge in [-0.05, 0) is 41.0 Å². The Morgan fingerprint density at radius 3 is 2.06 bits per heavy atom. The van der Waals surface area contributed by atoms with Gasteiger partial charge in [0, 0.05) is 17.2 Å². The number of carbonyl (C=O) groups excluding carboxylic acids is 1. The minimum absolute atomic E-state index is 0.355. The molecule has 5 heteroatoms. The Hall–Kier alpha value is -4.12. The van der Waals surface area contributed by atoms with E-state index in [9.17, 15) is 4.79 Å². The fourth-order valence-electron chi connectivity index (χ4n) is 3.25. The topological polar surface area (TPSA) is 57.7 Å². The van der Waals surface area contributed by atoms with Crippen LogP contribution in [0, 0.1) is 0 Å². The lowest BCUT2D eigenvalue weighted by Gasteiger charge is -2.14. The lowest BCUT2D eigenvalue weighted by Crippen LogP contribution is -2.02. The summed E-state index contributed by atoms with van der Waals surface area (Å²) in [5, 5.41) is 0. The molecule has 1 aromatic heterocycles. The molecule has 0 fully saturated rings.